The predicted molar refractivity (Wildman–Crippen MR) is 75.9 cm³/mol. The number of nitrogens with zero attached hydrogens (tertiary/aromatic N) is 1. The maximum absolute atomic E-state index is 12.9. The minimum Gasteiger partial charge on any atom is -0.481 e. The van der Waals surface area contributed by atoms with E-state index in [0.29, 0.717) is 12.8 Å². The molecule has 0 saturated carbocycles. The Kier molecular flexibility index (Phi) is 4.70. The highest BCUT2D eigenvalue weighted by molar-refractivity contribution is 7.90. The summed E-state index contributed by atoms with van der Waals surface area (Å²) in [5.74, 6) is -2.32. The molecule has 1 atom stereocenters. The van der Waals surface area contributed by atoms with Crippen molar-refractivity contribution in [2.24, 2.45) is 5.92 Å². The first-order valence-corrected chi connectivity index (χ1v) is 8.07. The van der Waals surface area contributed by atoms with E-state index in [0.717, 1.165) is 16.4 Å². The smallest absolute Gasteiger partial charge is 0.307 e. The van der Waals surface area contributed by atoms with Gasteiger partial charge in [0.15, 0.2) is 0 Å². The van der Waals surface area contributed by atoms with Gasteiger partial charge in [-0.3, -0.25) is 9.52 Å². The number of nitrogens with one attached hydrogen (secondary N) is 1. The van der Waals surface area contributed by atoms with Gasteiger partial charge in [0.05, 0.1) is 16.6 Å². The van der Waals surface area contributed by atoms with Crippen molar-refractivity contribution in [2.45, 2.75) is 12.8 Å². The Morgan fingerprint density at radius 3 is 2.81 bits per heavy atom. The van der Waals surface area contributed by atoms with E-state index in [9.17, 15) is 17.6 Å². The number of piperidine rings is 1. The maximum atomic E-state index is 12.9. The van der Waals surface area contributed by atoms with E-state index in [2.05, 4.69) is 4.72 Å². The third kappa shape index (κ3) is 3.84. The van der Waals surface area contributed by atoms with Crippen LogP contribution in [-0.4, -0.2) is 36.9 Å². The van der Waals surface area contributed by atoms with Crippen LogP contribution in [0.3, 0.4) is 0 Å². The number of carboxylic acid groups (broad SMARTS) is 1. The number of carbonyl (C=O) groups is 1. The summed E-state index contributed by atoms with van der Waals surface area (Å²) in [6.07, 6.45) is 0.910. The van der Waals surface area contributed by atoms with Crippen LogP contribution in [0, 0.1) is 11.7 Å². The second kappa shape index (κ2) is 6.17. The molecule has 0 spiro atoms. The third-order valence-electron chi connectivity index (χ3n) is 3.24. The number of anilines is 1. The highest BCUT2D eigenvalue weighted by Gasteiger charge is 2.32. The lowest BCUT2D eigenvalue weighted by molar-refractivity contribution is -0.142. The summed E-state index contributed by atoms with van der Waals surface area (Å²) in [4.78, 5) is 11.0. The van der Waals surface area contributed by atoms with Crippen molar-refractivity contribution in [1.82, 2.24) is 4.31 Å². The number of carboxylic acids is 1. The average molecular weight is 337 g/mol. The minimum absolute atomic E-state index is 0.0514. The van der Waals surface area contributed by atoms with Crippen LogP contribution in [0.15, 0.2) is 18.2 Å². The fourth-order valence-electron chi connectivity index (χ4n) is 2.14. The SMILES string of the molecule is O=C(O)C1CCCN(S(=O)(=O)Nc2ccc(F)cc2Cl)C1. The van der Waals surface area contributed by atoms with Crippen molar-refractivity contribution in [3.8, 4) is 0 Å². The zero-order valence-corrected chi connectivity index (χ0v) is 12.5. The molecule has 0 aromatic heterocycles. The fraction of sp³-hybridized carbons (Fsp3) is 0.417. The Balaban J connectivity index is 2.16. The second-order valence-electron chi connectivity index (χ2n) is 4.77. The number of hydrogen-bond donors (Lipinski definition) is 2. The van der Waals surface area contributed by atoms with Crippen LogP contribution in [0.2, 0.25) is 5.02 Å². The van der Waals surface area contributed by atoms with E-state index < -0.39 is 27.9 Å². The normalized spacial score (nSPS) is 20.2. The third-order valence-corrected chi connectivity index (χ3v) is 5.05. The first kappa shape index (κ1) is 16.0. The van der Waals surface area contributed by atoms with E-state index in [1.165, 1.54) is 6.07 Å². The number of benzene rings is 1. The lowest BCUT2D eigenvalue weighted by atomic mass is 10.0. The molecule has 1 aliphatic rings. The quantitative estimate of drug-likeness (QED) is 0.879. The zero-order valence-electron chi connectivity index (χ0n) is 10.9. The number of hydrogen-bond acceptors (Lipinski definition) is 3. The Labute approximate surface area is 126 Å². The molecule has 1 saturated heterocycles. The number of halogens is 2. The maximum Gasteiger partial charge on any atom is 0.307 e. The van der Waals surface area contributed by atoms with Gasteiger partial charge in [-0.25, -0.2) is 4.39 Å². The van der Waals surface area contributed by atoms with Gasteiger partial charge in [-0.2, -0.15) is 12.7 Å². The van der Waals surface area contributed by atoms with Crippen LogP contribution in [0.25, 0.3) is 0 Å². The molecular formula is C12H14ClFN2O4S. The molecular weight excluding hydrogens is 323 g/mol. The van der Waals surface area contributed by atoms with Crippen LogP contribution < -0.4 is 4.72 Å². The molecule has 0 radical (unpaired) electrons. The summed E-state index contributed by atoms with van der Waals surface area (Å²) >= 11 is 5.77. The molecule has 0 amide bonds. The summed E-state index contributed by atoms with van der Waals surface area (Å²) in [6.45, 7) is 0.140. The zero-order chi connectivity index (χ0) is 15.6. The van der Waals surface area contributed by atoms with E-state index in [-0.39, 0.29) is 23.8 Å². The molecule has 9 heteroatoms. The number of rotatable bonds is 4. The van der Waals surface area contributed by atoms with Crippen LogP contribution in [0.5, 0.6) is 0 Å². The Morgan fingerprint density at radius 1 is 1.48 bits per heavy atom. The molecule has 0 bridgehead atoms. The van der Waals surface area contributed by atoms with Crippen LogP contribution >= 0.6 is 11.6 Å². The average Bonchev–Trinajstić information content (AvgIpc) is 2.42. The Hall–Kier alpha value is -1.38. The van der Waals surface area contributed by atoms with Gasteiger partial charge in [-0.15, -0.1) is 0 Å². The molecule has 1 unspecified atom stereocenters. The molecule has 1 fully saturated rings. The lowest BCUT2D eigenvalue weighted by Crippen LogP contribution is -2.44. The van der Waals surface area contributed by atoms with Crippen molar-refractivity contribution >= 4 is 33.5 Å². The minimum atomic E-state index is -3.93. The van der Waals surface area contributed by atoms with Crippen molar-refractivity contribution in [2.75, 3.05) is 17.8 Å². The van der Waals surface area contributed by atoms with Gasteiger partial charge in [-0.05, 0) is 31.0 Å². The summed E-state index contributed by atoms with van der Waals surface area (Å²) < 4.78 is 40.7. The van der Waals surface area contributed by atoms with Crippen molar-refractivity contribution < 1.29 is 22.7 Å². The van der Waals surface area contributed by atoms with Crippen molar-refractivity contribution in [1.29, 1.82) is 0 Å². The molecule has 2 N–H and O–H groups in total. The first-order valence-electron chi connectivity index (χ1n) is 6.25. The van der Waals surface area contributed by atoms with Gasteiger partial charge in [0, 0.05) is 13.1 Å². The summed E-state index contributed by atoms with van der Waals surface area (Å²) in [5, 5.41) is 8.92. The predicted octanol–water partition coefficient (Wildman–Crippen LogP) is 1.93. The molecule has 2 rings (SSSR count). The molecule has 0 aliphatic carbocycles. The largest absolute Gasteiger partial charge is 0.481 e. The second-order valence-corrected chi connectivity index (χ2v) is 6.84. The van der Waals surface area contributed by atoms with Crippen LogP contribution in [-0.2, 0) is 15.0 Å². The van der Waals surface area contributed by atoms with E-state index >= 15 is 0 Å². The Bertz CT molecular complexity index is 653. The van der Waals surface area contributed by atoms with Gasteiger partial charge in [0.1, 0.15) is 5.82 Å². The fourth-order valence-corrected chi connectivity index (χ4v) is 3.74. The van der Waals surface area contributed by atoms with Crippen LogP contribution in [0.1, 0.15) is 12.8 Å². The summed E-state index contributed by atoms with van der Waals surface area (Å²) in [5.41, 5.74) is 0.0514. The molecule has 21 heavy (non-hydrogen) atoms. The van der Waals surface area contributed by atoms with Gasteiger partial charge < -0.3 is 5.11 Å². The monoisotopic (exact) mass is 336 g/mol. The molecule has 1 aliphatic heterocycles. The van der Waals surface area contributed by atoms with Crippen molar-refractivity contribution in [3.05, 3.63) is 29.0 Å². The van der Waals surface area contributed by atoms with Crippen molar-refractivity contribution in [3.63, 3.8) is 0 Å². The highest BCUT2D eigenvalue weighted by Crippen LogP contribution is 2.26. The van der Waals surface area contributed by atoms with Gasteiger partial charge in [-0.1, -0.05) is 11.6 Å². The topological polar surface area (TPSA) is 86.7 Å². The molecule has 1 aromatic rings. The van der Waals surface area contributed by atoms with Gasteiger partial charge >= 0.3 is 16.2 Å². The van der Waals surface area contributed by atoms with E-state index in [1.807, 2.05) is 0 Å². The molecule has 6 nitrogen and oxygen atoms in total. The van der Waals surface area contributed by atoms with Gasteiger partial charge in [0.2, 0.25) is 0 Å². The van der Waals surface area contributed by atoms with E-state index in [4.69, 9.17) is 16.7 Å². The standard InChI is InChI=1S/C12H14ClFN2O4S/c13-10-6-9(14)3-4-11(10)15-21(19,20)16-5-1-2-8(7-16)12(17)18/h3-4,6,8,15H,1-2,5,7H2,(H,17,18). The van der Waals surface area contributed by atoms with Crippen LogP contribution in [0.4, 0.5) is 10.1 Å². The molecule has 1 heterocycles. The Morgan fingerprint density at radius 2 is 2.19 bits per heavy atom. The molecule has 1 aromatic carbocycles. The highest BCUT2D eigenvalue weighted by atomic mass is 35.5. The first-order chi connectivity index (χ1) is 9.79. The summed E-state index contributed by atoms with van der Waals surface area (Å²) in [7, 11) is -3.93. The number of aliphatic carboxylic acids is 1. The summed E-state index contributed by atoms with van der Waals surface area (Å²) in [6, 6.07) is 3.30. The van der Waals surface area contributed by atoms with E-state index in [1.54, 1.807) is 0 Å². The van der Waals surface area contributed by atoms with Gasteiger partial charge in [0.25, 0.3) is 0 Å². The lowest BCUT2D eigenvalue weighted by Gasteiger charge is -2.30. The molecule has 116 valence electrons.